The van der Waals surface area contributed by atoms with Crippen molar-refractivity contribution in [3.8, 4) is 5.75 Å². The van der Waals surface area contributed by atoms with E-state index in [1.807, 2.05) is 17.4 Å². The van der Waals surface area contributed by atoms with Gasteiger partial charge in [-0.2, -0.15) is 0 Å². The Morgan fingerprint density at radius 1 is 1.20 bits per heavy atom. The van der Waals surface area contributed by atoms with Gasteiger partial charge >= 0.3 is 0 Å². The van der Waals surface area contributed by atoms with Crippen molar-refractivity contribution in [3.05, 3.63) is 51.7 Å². The fraction of sp³-hybridized carbons (Fsp3) is 0.412. The Kier molecular flexibility index (Phi) is 4.08. The van der Waals surface area contributed by atoms with Gasteiger partial charge in [0, 0.05) is 22.3 Å². The number of hydrogen-bond donors (Lipinski definition) is 1. The molecule has 0 saturated heterocycles. The summed E-state index contributed by atoms with van der Waals surface area (Å²) in [6, 6.07) is 13.5. The number of benzene rings is 1. The number of para-hydroxylation sites is 1. The van der Waals surface area contributed by atoms with Gasteiger partial charge in [0.15, 0.2) is 0 Å². The molecule has 0 aliphatic heterocycles. The first-order chi connectivity index (χ1) is 9.76. The minimum atomic E-state index is 0.646. The molecule has 2 aromatic rings. The van der Waals surface area contributed by atoms with Crippen LogP contribution in [0.5, 0.6) is 5.75 Å². The molecule has 1 aromatic carbocycles. The Balaban J connectivity index is 1.51. The molecule has 0 unspecified atom stereocenters. The second kappa shape index (κ2) is 5.98. The predicted octanol–water partition coefficient (Wildman–Crippen LogP) is 4.10. The third kappa shape index (κ3) is 2.89. The Labute approximate surface area is 124 Å². The molecule has 106 valence electrons. The van der Waals surface area contributed by atoms with Gasteiger partial charge in [0.05, 0.1) is 7.11 Å². The molecule has 0 radical (unpaired) electrons. The lowest BCUT2D eigenvalue weighted by Gasteiger charge is -2.37. The number of methoxy groups -OCH3 is 1. The highest BCUT2D eigenvalue weighted by atomic mass is 32.1. The molecule has 20 heavy (non-hydrogen) atoms. The zero-order valence-electron chi connectivity index (χ0n) is 12.1. The fourth-order valence-electron chi connectivity index (χ4n) is 2.87. The van der Waals surface area contributed by atoms with Crippen LogP contribution in [0.1, 0.15) is 34.1 Å². The fourth-order valence-corrected chi connectivity index (χ4v) is 3.71. The summed E-state index contributed by atoms with van der Waals surface area (Å²) < 4.78 is 5.45. The Hall–Kier alpha value is -1.32. The molecule has 0 bridgehead atoms. The monoisotopic (exact) mass is 287 g/mol. The summed E-state index contributed by atoms with van der Waals surface area (Å²) in [7, 11) is 1.76. The second-order valence-corrected chi connectivity index (χ2v) is 6.87. The van der Waals surface area contributed by atoms with Gasteiger partial charge in [0.2, 0.25) is 0 Å². The third-order valence-corrected chi connectivity index (χ3v) is 5.08. The van der Waals surface area contributed by atoms with Gasteiger partial charge < -0.3 is 10.1 Å². The highest BCUT2D eigenvalue weighted by Crippen LogP contribution is 2.41. The molecule has 1 fully saturated rings. The van der Waals surface area contributed by atoms with Gasteiger partial charge in [-0.3, -0.25) is 0 Å². The van der Waals surface area contributed by atoms with Gasteiger partial charge in [0.1, 0.15) is 5.75 Å². The molecule has 1 aromatic heterocycles. The highest BCUT2D eigenvalue weighted by molar-refractivity contribution is 7.11. The van der Waals surface area contributed by atoms with E-state index in [4.69, 9.17) is 4.74 Å². The average molecular weight is 287 g/mol. The first-order valence-corrected chi connectivity index (χ1v) is 7.99. The lowest BCUT2D eigenvalue weighted by atomic mass is 9.75. The Morgan fingerprint density at radius 2 is 2.00 bits per heavy atom. The lowest BCUT2D eigenvalue weighted by Crippen LogP contribution is -2.39. The van der Waals surface area contributed by atoms with Crippen molar-refractivity contribution in [2.75, 3.05) is 7.11 Å². The van der Waals surface area contributed by atoms with Crippen LogP contribution in [-0.4, -0.2) is 13.2 Å². The van der Waals surface area contributed by atoms with Gasteiger partial charge in [-0.15, -0.1) is 11.3 Å². The van der Waals surface area contributed by atoms with Crippen molar-refractivity contribution in [3.63, 3.8) is 0 Å². The molecule has 3 rings (SSSR count). The molecule has 1 aliphatic carbocycles. The van der Waals surface area contributed by atoms with E-state index in [-0.39, 0.29) is 0 Å². The normalized spacial score (nSPS) is 21.5. The zero-order chi connectivity index (χ0) is 13.9. The number of aryl methyl sites for hydroxylation is 1. The van der Waals surface area contributed by atoms with E-state index < -0.39 is 0 Å². The van der Waals surface area contributed by atoms with Crippen molar-refractivity contribution in [1.82, 2.24) is 5.32 Å². The molecule has 0 amide bonds. The van der Waals surface area contributed by atoms with Crippen LogP contribution in [0.4, 0.5) is 0 Å². The van der Waals surface area contributed by atoms with Crippen LogP contribution in [0.3, 0.4) is 0 Å². The van der Waals surface area contributed by atoms with Crippen molar-refractivity contribution in [2.45, 2.75) is 38.3 Å². The van der Waals surface area contributed by atoms with E-state index in [2.05, 4.69) is 42.6 Å². The first-order valence-electron chi connectivity index (χ1n) is 7.18. The first kappa shape index (κ1) is 13.7. The van der Waals surface area contributed by atoms with Crippen molar-refractivity contribution in [1.29, 1.82) is 0 Å². The third-order valence-electron chi connectivity index (χ3n) is 4.08. The number of hydrogen-bond acceptors (Lipinski definition) is 3. The van der Waals surface area contributed by atoms with E-state index in [0.717, 1.165) is 12.3 Å². The summed E-state index contributed by atoms with van der Waals surface area (Å²) in [6.07, 6.45) is 2.43. The van der Waals surface area contributed by atoms with Crippen LogP contribution in [-0.2, 0) is 6.54 Å². The molecular weight excluding hydrogens is 266 g/mol. The van der Waals surface area contributed by atoms with Crippen molar-refractivity contribution < 1.29 is 4.74 Å². The van der Waals surface area contributed by atoms with Gasteiger partial charge in [0.25, 0.3) is 0 Å². The van der Waals surface area contributed by atoms with E-state index in [0.29, 0.717) is 12.0 Å². The number of ether oxygens (including phenoxy) is 1. The smallest absolute Gasteiger partial charge is 0.122 e. The number of thiophene rings is 1. The summed E-state index contributed by atoms with van der Waals surface area (Å²) in [5.41, 5.74) is 1.36. The zero-order valence-corrected chi connectivity index (χ0v) is 12.9. The molecule has 2 nitrogen and oxygen atoms in total. The lowest BCUT2D eigenvalue weighted by molar-refractivity contribution is 0.282. The number of rotatable bonds is 5. The summed E-state index contributed by atoms with van der Waals surface area (Å²) in [5.74, 6) is 1.68. The van der Waals surface area contributed by atoms with Crippen LogP contribution in [0.25, 0.3) is 0 Å². The molecule has 1 saturated carbocycles. The molecule has 1 heterocycles. The second-order valence-electron chi connectivity index (χ2n) is 5.50. The largest absolute Gasteiger partial charge is 0.496 e. The predicted molar refractivity (Wildman–Crippen MR) is 84.7 cm³/mol. The molecule has 0 spiro atoms. The minimum absolute atomic E-state index is 0.646. The quantitative estimate of drug-likeness (QED) is 0.894. The van der Waals surface area contributed by atoms with Crippen LogP contribution in [0.2, 0.25) is 0 Å². The molecular formula is C17H21NOS. The van der Waals surface area contributed by atoms with Crippen LogP contribution < -0.4 is 10.1 Å². The van der Waals surface area contributed by atoms with E-state index in [9.17, 15) is 0 Å². The maximum absolute atomic E-state index is 5.45. The van der Waals surface area contributed by atoms with E-state index >= 15 is 0 Å². The van der Waals surface area contributed by atoms with Crippen molar-refractivity contribution in [2.24, 2.45) is 0 Å². The number of nitrogens with one attached hydrogen (secondary N) is 1. The van der Waals surface area contributed by atoms with E-state index in [1.54, 1.807) is 7.11 Å². The minimum Gasteiger partial charge on any atom is -0.496 e. The SMILES string of the molecule is COc1ccccc1C1CC(NCc2ccc(C)s2)C1. The Morgan fingerprint density at radius 3 is 2.70 bits per heavy atom. The summed E-state index contributed by atoms with van der Waals surface area (Å²) in [5, 5.41) is 3.66. The van der Waals surface area contributed by atoms with Crippen LogP contribution >= 0.6 is 11.3 Å². The maximum Gasteiger partial charge on any atom is 0.122 e. The molecule has 1 N–H and O–H groups in total. The molecule has 0 atom stereocenters. The van der Waals surface area contributed by atoms with E-state index in [1.165, 1.54) is 28.2 Å². The van der Waals surface area contributed by atoms with Gasteiger partial charge in [-0.05, 0) is 49.4 Å². The highest BCUT2D eigenvalue weighted by Gasteiger charge is 2.31. The van der Waals surface area contributed by atoms with Crippen LogP contribution in [0, 0.1) is 6.92 Å². The maximum atomic E-state index is 5.45. The topological polar surface area (TPSA) is 21.3 Å². The average Bonchev–Trinajstić information content (AvgIpc) is 2.83. The summed E-state index contributed by atoms with van der Waals surface area (Å²) >= 11 is 1.89. The van der Waals surface area contributed by atoms with Gasteiger partial charge in [-0.1, -0.05) is 18.2 Å². The van der Waals surface area contributed by atoms with Crippen LogP contribution in [0.15, 0.2) is 36.4 Å². The molecule has 1 aliphatic rings. The summed E-state index contributed by atoms with van der Waals surface area (Å²) in [4.78, 5) is 2.82. The standard InChI is InChI=1S/C17H21NOS/c1-12-7-8-15(20-12)11-18-14-9-13(10-14)16-5-3-4-6-17(16)19-2/h3-8,13-14,18H,9-11H2,1-2H3. The van der Waals surface area contributed by atoms with Gasteiger partial charge in [-0.25, -0.2) is 0 Å². The Bertz CT molecular complexity index is 572. The van der Waals surface area contributed by atoms with Crippen molar-refractivity contribution >= 4 is 11.3 Å². The summed E-state index contributed by atoms with van der Waals surface area (Å²) in [6.45, 7) is 3.16. The molecule has 3 heteroatoms.